The number of carbonyl (C=O) groups excluding carboxylic acids is 1. The third-order valence-corrected chi connectivity index (χ3v) is 4.10. The number of hydrogen-bond donors (Lipinski definition) is 2. The summed E-state index contributed by atoms with van der Waals surface area (Å²) in [7, 11) is 0. The van der Waals surface area contributed by atoms with E-state index in [1.807, 2.05) is 6.07 Å². The molecule has 0 bridgehead atoms. The molecule has 0 spiro atoms. The lowest BCUT2D eigenvalue weighted by Crippen LogP contribution is -2.39. The summed E-state index contributed by atoms with van der Waals surface area (Å²) in [4.78, 5) is 18.9. The summed E-state index contributed by atoms with van der Waals surface area (Å²) >= 11 is 0. The number of carbonyl (C=O) groups is 1. The van der Waals surface area contributed by atoms with Crippen LogP contribution in [0.2, 0.25) is 0 Å². The van der Waals surface area contributed by atoms with E-state index in [-0.39, 0.29) is 5.91 Å². The van der Waals surface area contributed by atoms with Gasteiger partial charge in [0.15, 0.2) is 0 Å². The van der Waals surface area contributed by atoms with Crippen LogP contribution in [0.25, 0.3) is 0 Å². The van der Waals surface area contributed by atoms with Crippen molar-refractivity contribution >= 4 is 17.3 Å². The van der Waals surface area contributed by atoms with Gasteiger partial charge in [-0.05, 0) is 30.3 Å². The van der Waals surface area contributed by atoms with E-state index < -0.39 is 0 Å². The van der Waals surface area contributed by atoms with Gasteiger partial charge in [0.05, 0.1) is 24.8 Å². The van der Waals surface area contributed by atoms with Crippen LogP contribution in [0.3, 0.4) is 0 Å². The van der Waals surface area contributed by atoms with Crippen LogP contribution in [0.1, 0.15) is 16.1 Å². The second kappa shape index (κ2) is 8.94. The van der Waals surface area contributed by atoms with Gasteiger partial charge in [-0.2, -0.15) is 5.26 Å². The minimum atomic E-state index is -0.308. The Bertz CT molecular complexity index is 797. The van der Waals surface area contributed by atoms with Gasteiger partial charge in [-0.25, -0.2) is 0 Å². The number of amides is 1. The molecular weight excluding hydrogens is 330 g/mol. The number of anilines is 2. The Kier molecular flexibility index (Phi) is 6.14. The first-order valence-electron chi connectivity index (χ1n) is 8.56. The van der Waals surface area contributed by atoms with Crippen LogP contribution in [0.4, 0.5) is 11.4 Å². The largest absolute Gasteiger partial charge is 0.384 e. The summed E-state index contributed by atoms with van der Waals surface area (Å²) in [5.74, 6) is -0.308. The second-order valence-electron chi connectivity index (χ2n) is 5.96. The maximum absolute atomic E-state index is 12.4. The smallest absolute Gasteiger partial charge is 0.274 e. The van der Waals surface area contributed by atoms with E-state index in [0.717, 1.165) is 45.1 Å². The van der Waals surface area contributed by atoms with Crippen LogP contribution in [0.15, 0.2) is 42.6 Å². The molecule has 1 aromatic carbocycles. The van der Waals surface area contributed by atoms with Gasteiger partial charge in [0.25, 0.3) is 5.91 Å². The molecule has 0 unspecified atom stereocenters. The zero-order valence-corrected chi connectivity index (χ0v) is 14.4. The van der Waals surface area contributed by atoms with Gasteiger partial charge in [0.2, 0.25) is 0 Å². The predicted octanol–water partition coefficient (Wildman–Crippen LogP) is 1.95. The standard InChI is InChI=1S/C19H21N5O2/c20-14-15-2-1-3-17(12-15)23-19(25)18-13-16(4-5-22-18)21-6-7-24-8-10-26-11-9-24/h1-5,12-13H,6-11H2,(H,21,22)(H,23,25). The summed E-state index contributed by atoms with van der Waals surface area (Å²) in [6.45, 7) is 5.18. The van der Waals surface area contributed by atoms with Gasteiger partial charge < -0.3 is 15.4 Å². The van der Waals surface area contributed by atoms with Gasteiger partial charge >= 0.3 is 0 Å². The Labute approximate surface area is 152 Å². The number of nitrogens with zero attached hydrogens (tertiary/aromatic N) is 3. The summed E-state index contributed by atoms with van der Waals surface area (Å²) in [5, 5.41) is 15.0. The highest BCUT2D eigenvalue weighted by Crippen LogP contribution is 2.13. The number of rotatable bonds is 6. The van der Waals surface area contributed by atoms with Crippen LogP contribution in [0, 0.1) is 11.3 Å². The maximum Gasteiger partial charge on any atom is 0.274 e. The zero-order chi connectivity index (χ0) is 18.2. The molecule has 1 saturated heterocycles. The fraction of sp³-hybridized carbons (Fsp3) is 0.316. The van der Waals surface area contributed by atoms with E-state index in [1.54, 1.807) is 36.5 Å². The van der Waals surface area contributed by atoms with Crippen molar-refractivity contribution in [3.8, 4) is 6.07 Å². The molecule has 0 atom stereocenters. The van der Waals surface area contributed by atoms with Crippen molar-refractivity contribution < 1.29 is 9.53 Å². The van der Waals surface area contributed by atoms with Crippen molar-refractivity contribution in [3.63, 3.8) is 0 Å². The lowest BCUT2D eigenvalue weighted by molar-refractivity contribution is 0.0398. The Morgan fingerprint density at radius 3 is 2.88 bits per heavy atom. The third kappa shape index (κ3) is 5.02. The highest BCUT2D eigenvalue weighted by atomic mass is 16.5. The monoisotopic (exact) mass is 351 g/mol. The second-order valence-corrected chi connectivity index (χ2v) is 5.96. The van der Waals surface area contributed by atoms with E-state index in [9.17, 15) is 4.79 Å². The van der Waals surface area contributed by atoms with E-state index in [2.05, 4.69) is 26.6 Å². The average molecular weight is 351 g/mol. The van der Waals surface area contributed by atoms with E-state index in [4.69, 9.17) is 10.00 Å². The molecule has 1 fully saturated rings. The number of nitrogens with one attached hydrogen (secondary N) is 2. The Morgan fingerprint density at radius 2 is 2.08 bits per heavy atom. The molecule has 1 aromatic heterocycles. The van der Waals surface area contributed by atoms with Crippen molar-refractivity contribution in [2.75, 3.05) is 50.0 Å². The van der Waals surface area contributed by atoms with E-state index >= 15 is 0 Å². The van der Waals surface area contributed by atoms with Crippen molar-refractivity contribution in [1.29, 1.82) is 5.26 Å². The van der Waals surface area contributed by atoms with Gasteiger partial charge in [-0.3, -0.25) is 14.7 Å². The highest BCUT2D eigenvalue weighted by molar-refractivity contribution is 6.03. The van der Waals surface area contributed by atoms with Gasteiger partial charge in [-0.15, -0.1) is 0 Å². The molecule has 26 heavy (non-hydrogen) atoms. The van der Waals surface area contributed by atoms with Gasteiger partial charge in [-0.1, -0.05) is 6.07 Å². The summed E-state index contributed by atoms with van der Waals surface area (Å²) in [6, 6.07) is 12.4. The van der Waals surface area contributed by atoms with Crippen LogP contribution >= 0.6 is 0 Å². The lowest BCUT2D eigenvalue weighted by Gasteiger charge is -2.26. The SMILES string of the molecule is N#Cc1cccc(NC(=O)c2cc(NCCN3CCOCC3)ccn2)c1. The number of hydrogen-bond acceptors (Lipinski definition) is 6. The molecular formula is C19H21N5O2. The van der Waals surface area contributed by atoms with Crippen LogP contribution < -0.4 is 10.6 Å². The fourth-order valence-corrected chi connectivity index (χ4v) is 2.71. The first-order chi connectivity index (χ1) is 12.7. The first kappa shape index (κ1) is 17.9. The zero-order valence-electron chi connectivity index (χ0n) is 14.4. The topological polar surface area (TPSA) is 90.3 Å². The summed E-state index contributed by atoms with van der Waals surface area (Å²) in [6.07, 6.45) is 1.61. The molecule has 7 nitrogen and oxygen atoms in total. The Hall–Kier alpha value is -2.95. The molecule has 2 N–H and O–H groups in total. The minimum Gasteiger partial charge on any atom is -0.384 e. The number of nitriles is 1. The average Bonchev–Trinajstić information content (AvgIpc) is 2.69. The summed E-state index contributed by atoms with van der Waals surface area (Å²) in [5.41, 5.74) is 2.24. The number of benzene rings is 1. The number of morpholine rings is 1. The molecule has 1 aliphatic rings. The van der Waals surface area contributed by atoms with Gasteiger partial charge in [0.1, 0.15) is 5.69 Å². The van der Waals surface area contributed by atoms with Crippen molar-refractivity contribution in [2.45, 2.75) is 0 Å². The normalized spacial score (nSPS) is 14.4. The fourth-order valence-electron chi connectivity index (χ4n) is 2.71. The molecule has 1 amide bonds. The third-order valence-electron chi connectivity index (χ3n) is 4.10. The molecule has 0 saturated carbocycles. The van der Waals surface area contributed by atoms with Crippen LogP contribution in [0.5, 0.6) is 0 Å². The molecule has 3 rings (SSSR count). The van der Waals surface area contributed by atoms with Crippen molar-refractivity contribution in [3.05, 3.63) is 53.9 Å². The minimum absolute atomic E-state index is 0.308. The Balaban J connectivity index is 1.55. The molecule has 2 heterocycles. The van der Waals surface area contributed by atoms with E-state index in [1.165, 1.54) is 0 Å². The molecule has 7 heteroatoms. The van der Waals surface area contributed by atoms with Crippen molar-refractivity contribution in [2.24, 2.45) is 0 Å². The van der Waals surface area contributed by atoms with Crippen molar-refractivity contribution in [1.82, 2.24) is 9.88 Å². The molecule has 2 aromatic rings. The van der Waals surface area contributed by atoms with Crippen LogP contribution in [-0.4, -0.2) is 55.2 Å². The molecule has 1 aliphatic heterocycles. The molecule has 0 radical (unpaired) electrons. The highest BCUT2D eigenvalue weighted by Gasteiger charge is 2.11. The predicted molar refractivity (Wildman–Crippen MR) is 99.1 cm³/mol. The number of ether oxygens (including phenoxy) is 1. The van der Waals surface area contributed by atoms with E-state index in [0.29, 0.717) is 16.9 Å². The number of pyridine rings is 1. The molecule has 134 valence electrons. The Morgan fingerprint density at radius 1 is 1.23 bits per heavy atom. The lowest BCUT2D eigenvalue weighted by atomic mass is 10.2. The quantitative estimate of drug-likeness (QED) is 0.827. The molecule has 0 aliphatic carbocycles. The first-order valence-corrected chi connectivity index (χ1v) is 8.56. The van der Waals surface area contributed by atoms with Crippen LogP contribution in [-0.2, 0) is 4.74 Å². The number of aromatic nitrogens is 1. The maximum atomic E-state index is 12.4. The summed E-state index contributed by atoms with van der Waals surface area (Å²) < 4.78 is 5.34. The van der Waals surface area contributed by atoms with Gasteiger partial charge in [0, 0.05) is 43.8 Å².